The number of benzene rings is 1. The van der Waals surface area contributed by atoms with Crippen molar-refractivity contribution in [2.45, 2.75) is 19.2 Å². The molecule has 0 bridgehead atoms. The van der Waals surface area contributed by atoms with Crippen molar-refractivity contribution >= 4 is 28.6 Å². The average Bonchev–Trinajstić information content (AvgIpc) is 3.60. The van der Waals surface area contributed by atoms with Crippen molar-refractivity contribution < 1.29 is 18.7 Å². The third kappa shape index (κ3) is 5.49. The van der Waals surface area contributed by atoms with E-state index in [1.54, 1.807) is 71.4 Å². The van der Waals surface area contributed by atoms with E-state index in [1.807, 2.05) is 0 Å². The summed E-state index contributed by atoms with van der Waals surface area (Å²) in [6, 6.07) is 17.4. The van der Waals surface area contributed by atoms with Gasteiger partial charge in [-0.1, -0.05) is 29.8 Å². The zero-order chi connectivity index (χ0) is 25.8. The molecule has 0 aliphatic carbocycles. The molecule has 1 amide bonds. The Morgan fingerprint density at radius 2 is 1.95 bits per heavy atom. The fourth-order valence-corrected chi connectivity index (χ4v) is 4.00. The van der Waals surface area contributed by atoms with Gasteiger partial charge >= 0.3 is 0 Å². The molecule has 1 aromatic carbocycles. The molecule has 5 rings (SSSR count). The number of aliphatic hydroxyl groups excluding tert-OH is 1. The lowest BCUT2D eigenvalue weighted by molar-refractivity contribution is 0.0949. The predicted octanol–water partition coefficient (Wildman–Crippen LogP) is 3.98. The lowest BCUT2D eigenvalue weighted by Crippen LogP contribution is -2.29. The van der Waals surface area contributed by atoms with Gasteiger partial charge in [0.1, 0.15) is 29.0 Å². The van der Waals surface area contributed by atoms with E-state index in [1.165, 1.54) is 12.5 Å². The Balaban J connectivity index is 1.42. The van der Waals surface area contributed by atoms with E-state index in [0.717, 1.165) is 5.56 Å². The number of hydrogen-bond donors (Lipinski definition) is 3. The van der Waals surface area contributed by atoms with Crippen LogP contribution in [0.1, 0.15) is 33.5 Å². The Kier molecular flexibility index (Phi) is 7.18. The molecule has 3 N–H and O–H groups in total. The molecule has 0 saturated heterocycles. The molecule has 37 heavy (non-hydrogen) atoms. The molecule has 1 unspecified atom stereocenters. The Morgan fingerprint density at radius 3 is 2.68 bits per heavy atom. The van der Waals surface area contributed by atoms with Crippen molar-refractivity contribution in [1.29, 1.82) is 0 Å². The SMILES string of the molecule is O=C(NCc1ccc(Cl)cc1)c1cn(-c2ccccn2)c2oc(CNCC(O)c3ccco3)cc2c1=O. The molecule has 4 heterocycles. The molecular weight excluding hydrogens is 496 g/mol. The quantitative estimate of drug-likeness (QED) is 0.270. The number of rotatable bonds is 9. The zero-order valence-electron chi connectivity index (χ0n) is 19.6. The number of amides is 1. The number of carbonyl (C=O) groups excluding carboxylic acids is 1. The van der Waals surface area contributed by atoms with Gasteiger partial charge in [0.05, 0.1) is 18.2 Å². The summed E-state index contributed by atoms with van der Waals surface area (Å²) in [6.45, 7) is 0.690. The van der Waals surface area contributed by atoms with Crippen molar-refractivity contribution in [3.63, 3.8) is 0 Å². The van der Waals surface area contributed by atoms with E-state index in [-0.39, 0.29) is 36.3 Å². The highest BCUT2D eigenvalue weighted by Crippen LogP contribution is 2.21. The van der Waals surface area contributed by atoms with Crippen LogP contribution in [-0.4, -0.2) is 27.1 Å². The van der Waals surface area contributed by atoms with E-state index in [2.05, 4.69) is 15.6 Å². The van der Waals surface area contributed by atoms with E-state index in [9.17, 15) is 14.7 Å². The number of hydrogen-bond acceptors (Lipinski definition) is 7. The molecule has 0 spiro atoms. The second-order valence-electron chi connectivity index (χ2n) is 8.33. The monoisotopic (exact) mass is 518 g/mol. The topological polar surface area (TPSA) is 123 Å². The second kappa shape index (κ2) is 10.8. The number of carbonyl (C=O) groups is 1. The zero-order valence-corrected chi connectivity index (χ0v) is 20.3. The number of aliphatic hydroxyl groups is 1. The third-order valence-electron chi connectivity index (χ3n) is 5.75. The van der Waals surface area contributed by atoms with Gasteiger partial charge in [0.15, 0.2) is 0 Å². The Hall–Kier alpha value is -4.18. The highest BCUT2D eigenvalue weighted by molar-refractivity contribution is 6.30. The Labute approximate surface area is 216 Å². The van der Waals surface area contributed by atoms with Crippen molar-refractivity contribution in [3.05, 3.63) is 117 Å². The van der Waals surface area contributed by atoms with E-state index in [4.69, 9.17) is 20.4 Å². The van der Waals surface area contributed by atoms with E-state index >= 15 is 0 Å². The first kappa shape index (κ1) is 24.5. The summed E-state index contributed by atoms with van der Waals surface area (Å²) < 4.78 is 12.8. The van der Waals surface area contributed by atoms with Crippen LogP contribution in [0.3, 0.4) is 0 Å². The summed E-state index contributed by atoms with van der Waals surface area (Å²) in [4.78, 5) is 30.7. The first-order valence-electron chi connectivity index (χ1n) is 11.5. The van der Waals surface area contributed by atoms with Crippen LogP contribution in [0.5, 0.6) is 0 Å². The second-order valence-corrected chi connectivity index (χ2v) is 8.77. The average molecular weight is 519 g/mol. The van der Waals surface area contributed by atoms with Crippen LogP contribution in [0.4, 0.5) is 0 Å². The summed E-state index contributed by atoms with van der Waals surface area (Å²) >= 11 is 5.93. The number of fused-ring (bicyclic) bond motifs is 1. The van der Waals surface area contributed by atoms with Crippen LogP contribution in [-0.2, 0) is 13.1 Å². The maximum Gasteiger partial charge on any atom is 0.257 e. The van der Waals surface area contributed by atoms with Crippen LogP contribution in [0.15, 0.2) is 92.9 Å². The summed E-state index contributed by atoms with van der Waals surface area (Å²) in [6.07, 6.45) is 3.71. The number of halogens is 1. The van der Waals surface area contributed by atoms with Crippen LogP contribution in [0, 0.1) is 0 Å². The largest absolute Gasteiger partial charge is 0.467 e. The number of aromatic nitrogens is 2. The van der Waals surface area contributed by atoms with Crippen LogP contribution >= 0.6 is 11.6 Å². The Morgan fingerprint density at radius 1 is 1.11 bits per heavy atom. The van der Waals surface area contributed by atoms with Gasteiger partial charge in [0, 0.05) is 30.5 Å². The molecule has 0 fully saturated rings. The molecule has 1 atom stereocenters. The maximum atomic E-state index is 13.3. The minimum absolute atomic E-state index is 0.0410. The molecule has 188 valence electrons. The minimum atomic E-state index is -0.830. The highest BCUT2D eigenvalue weighted by atomic mass is 35.5. The lowest BCUT2D eigenvalue weighted by atomic mass is 10.1. The van der Waals surface area contributed by atoms with Gasteiger partial charge in [0.2, 0.25) is 11.1 Å². The standard InChI is InChI=1S/C27H23ClN4O5/c28-18-8-6-17(7-9-18)13-31-26(35)21-16-32(24-5-1-2-10-30-24)27-20(25(21)34)12-19(37-27)14-29-15-22(33)23-4-3-11-36-23/h1-12,16,22,29,33H,13-15H2,(H,31,35). The van der Waals surface area contributed by atoms with Crippen molar-refractivity contribution in [3.8, 4) is 5.82 Å². The number of nitrogens with zero attached hydrogens (tertiary/aromatic N) is 2. The highest BCUT2D eigenvalue weighted by Gasteiger charge is 2.20. The molecular formula is C27H23ClN4O5. The molecule has 0 radical (unpaired) electrons. The normalized spacial score (nSPS) is 12.1. The molecule has 10 heteroatoms. The van der Waals surface area contributed by atoms with Crippen molar-refractivity contribution in [1.82, 2.24) is 20.2 Å². The first-order valence-corrected chi connectivity index (χ1v) is 11.9. The van der Waals surface area contributed by atoms with Crippen LogP contribution in [0.2, 0.25) is 5.02 Å². The lowest BCUT2D eigenvalue weighted by Gasteiger charge is -2.10. The molecule has 0 aliphatic rings. The van der Waals surface area contributed by atoms with Gasteiger partial charge < -0.3 is 24.6 Å². The minimum Gasteiger partial charge on any atom is -0.467 e. The first-order chi connectivity index (χ1) is 18.0. The molecule has 0 saturated carbocycles. The van der Waals surface area contributed by atoms with Gasteiger partial charge in [-0.25, -0.2) is 4.98 Å². The van der Waals surface area contributed by atoms with Crippen molar-refractivity contribution in [2.24, 2.45) is 0 Å². The summed E-state index contributed by atoms with van der Waals surface area (Å²) in [5.74, 6) is 0.874. The van der Waals surface area contributed by atoms with Gasteiger partial charge in [-0.2, -0.15) is 0 Å². The fraction of sp³-hybridized carbons (Fsp3) is 0.148. The van der Waals surface area contributed by atoms with E-state index < -0.39 is 17.4 Å². The van der Waals surface area contributed by atoms with E-state index in [0.29, 0.717) is 22.4 Å². The number of pyridine rings is 2. The molecule has 0 aliphatic heterocycles. The Bertz CT molecular complexity index is 1560. The predicted molar refractivity (Wildman–Crippen MR) is 138 cm³/mol. The molecule has 5 aromatic rings. The number of furan rings is 2. The smallest absolute Gasteiger partial charge is 0.257 e. The van der Waals surface area contributed by atoms with Gasteiger partial charge in [-0.3, -0.25) is 14.2 Å². The van der Waals surface area contributed by atoms with Gasteiger partial charge in [-0.05, 0) is 48.0 Å². The maximum absolute atomic E-state index is 13.3. The molecule has 9 nitrogen and oxygen atoms in total. The van der Waals surface area contributed by atoms with Gasteiger partial charge in [0.25, 0.3) is 5.91 Å². The van der Waals surface area contributed by atoms with Crippen LogP contribution < -0.4 is 16.1 Å². The fourth-order valence-electron chi connectivity index (χ4n) is 3.87. The summed E-state index contributed by atoms with van der Waals surface area (Å²) in [7, 11) is 0. The third-order valence-corrected chi connectivity index (χ3v) is 6.00. The molecule has 4 aromatic heterocycles. The number of nitrogens with one attached hydrogen (secondary N) is 2. The summed E-state index contributed by atoms with van der Waals surface area (Å²) in [5, 5.41) is 16.9. The van der Waals surface area contributed by atoms with Gasteiger partial charge in [-0.15, -0.1) is 0 Å². The summed E-state index contributed by atoms with van der Waals surface area (Å²) in [5.41, 5.74) is 0.612. The van der Waals surface area contributed by atoms with Crippen molar-refractivity contribution in [2.75, 3.05) is 6.54 Å². The van der Waals surface area contributed by atoms with Crippen LogP contribution in [0.25, 0.3) is 16.9 Å².